The SMILES string of the molecule is N[C@H]1CC[C@H](CF)OC1. The molecule has 0 bridgehead atoms. The fourth-order valence-corrected chi connectivity index (χ4v) is 0.948. The maximum Gasteiger partial charge on any atom is 0.116 e. The Bertz CT molecular complexity index is 81.1. The predicted octanol–water partition coefficient (Wildman–Crippen LogP) is 0.462. The number of nitrogens with two attached hydrogens (primary N) is 1. The van der Waals surface area contributed by atoms with Gasteiger partial charge in [0.05, 0.1) is 12.7 Å². The second-order valence-corrected chi connectivity index (χ2v) is 2.45. The lowest BCUT2D eigenvalue weighted by molar-refractivity contribution is -0.00772. The molecule has 0 radical (unpaired) electrons. The van der Waals surface area contributed by atoms with Crippen molar-refractivity contribution in [3.8, 4) is 0 Å². The first-order chi connectivity index (χ1) is 4.33. The molecule has 1 heterocycles. The van der Waals surface area contributed by atoms with E-state index in [0.29, 0.717) is 6.61 Å². The minimum Gasteiger partial charge on any atom is -0.374 e. The molecule has 54 valence electrons. The third kappa shape index (κ3) is 1.91. The number of hydrogen-bond acceptors (Lipinski definition) is 2. The Morgan fingerprint density at radius 1 is 1.56 bits per heavy atom. The van der Waals surface area contributed by atoms with Crippen molar-refractivity contribution in [3.05, 3.63) is 0 Å². The molecule has 3 heteroatoms. The van der Waals surface area contributed by atoms with Gasteiger partial charge in [-0.25, -0.2) is 4.39 Å². The Morgan fingerprint density at radius 2 is 2.33 bits per heavy atom. The van der Waals surface area contributed by atoms with E-state index >= 15 is 0 Å². The van der Waals surface area contributed by atoms with Crippen molar-refractivity contribution in [2.75, 3.05) is 13.3 Å². The predicted molar refractivity (Wildman–Crippen MR) is 32.9 cm³/mol. The van der Waals surface area contributed by atoms with E-state index in [1.54, 1.807) is 0 Å². The van der Waals surface area contributed by atoms with Crippen LogP contribution in [0.25, 0.3) is 0 Å². The number of alkyl halides is 1. The summed E-state index contributed by atoms with van der Waals surface area (Å²) in [5.74, 6) is 0. The second-order valence-electron chi connectivity index (χ2n) is 2.45. The largest absolute Gasteiger partial charge is 0.374 e. The summed E-state index contributed by atoms with van der Waals surface area (Å²) in [4.78, 5) is 0. The van der Waals surface area contributed by atoms with Crippen LogP contribution in [0, 0.1) is 0 Å². The number of ether oxygens (including phenoxy) is 1. The zero-order valence-electron chi connectivity index (χ0n) is 5.35. The van der Waals surface area contributed by atoms with Gasteiger partial charge in [0, 0.05) is 6.04 Å². The molecule has 0 amide bonds. The molecule has 1 aliphatic rings. The van der Waals surface area contributed by atoms with Crippen LogP contribution in [0.4, 0.5) is 4.39 Å². The maximum absolute atomic E-state index is 11.8. The average Bonchev–Trinajstić information content (AvgIpc) is 1.90. The van der Waals surface area contributed by atoms with Gasteiger partial charge in [-0.1, -0.05) is 0 Å². The van der Waals surface area contributed by atoms with Crippen LogP contribution in [-0.4, -0.2) is 25.4 Å². The van der Waals surface area contributed by atoms with Gasteiger partial charge in [0.25, 0.3) is 0 Å². The van der Waals surface area contributed by atoms with Crippen LogP contribution in [0.15, 0.2) is 0 Å². The highest BCUT2D eigenvalue weighted by Gasteiger charge is 2.17. The lowest BCUT2D eigenvalue weighted by Gasteiger charge is -2.24. The van der Waals surface area contributed by atoms with Crippen LogP contribution >= 0.6 is 0 Å². The molecule has 1 saturated heterocycles. The summed E-state index contributed by atoms with van der Waals surface area (Å²) in [6.07, 6.45) is 1.50. The average molecular weight is 133 g/mol. The molecule has 2 atom stereocenters. The highest BCUT2D eigenvalue weighted by atomic mass is 19.1. The van der Waals surface area contributed by atoms with E-state index in [-0.39, 0.29) is 18.8 Å². The Kier molecular flexibility index (Phi) is 2.42. The molecule has 1 fully saturated rings. The topological polar surface area (TPSA) is 35.2 Å². The second kappa shape index (κ2) is 3.13. The minimum absolute atomic E-state index is 0.132. The summed E-state index contributed by atoms with van der Waals surface area (Å²) in [7, 11) is 0. The monoisotopic (exact) mass is 133 g/mol. The summed E-state index contributed by atoms with van der Waals surface area (Å²) in [6, 6.07) is 0.132. The van der Waals surface area contributed by atoms with E-state index in [1.807, 2.05) is 0 Å². The number of halogens is 1. The zero-order valence-corrected chi connectivity index (χ0v) is 5.35. The van der Waals surface area contributed by atoms with Gasteiger partial charge in [0.2, 0.25) is 0 Å². The zero-order chi connectivity index (χ0) is 6.69. The van der Waals surface area contributed by atoms with Crippen molar-refractivity contribution in [2.45, 2.75) is 25.0 Å². The van der Waals surface area contributed by atoms with Gasteiger partial charge in [-0.2, -0.15) is 0 Å². The van der Waals surface area contributed by atoms with Crippen molar-refractivity contribution in [1.29, 1.82) is 0 Å². The molecular formula is C6H12FNO. The van der Waals surface area contributed by atoms with Crippen LogP contribution < -0.4 is 5.73 Å². The molecule has 0 aromatic heterocycles. The lowest BCUT2D eigenvalue weighted by atomic mass is 10.1. The normalized spacial score (nSPS) is 36.7. The van der Waals surface area contributed by atoms with Crippen molar-refractivity contribution >= 4 is 0 Å². The molecule has 0 aromatic carbocycles. The van der Waals surface area contributed by atoms with Crippen molar-refractivity contribution in [1.82, 2.24) is 0 Å². The fourth-order valence-electron chi connectivity index (χ4n) is 0.948. The van der Waals surface area contributed by atoms with Gasteiger partial charge in [0.15, 0.2) is 0 Å². The third-order valence-electron chi connectivity index (χ3n) is 1.58. The first-order valence-corrected chi connectivity index (χ1v) is 3.26. The molecule has 1 aliphatic heterocycles. The number of hydrogen-bond donors (Lipinski definition) is 1. The molecule has 0 saturated carbocycles. The molecule has 2 N–H and O–H groups in total. The Morgan fingerprint density at radius 3 is 2.78 bits per heavy atom. The van der Waals surface area contributed by atoms with Gasteiger partial charge in [-0.15, -0.1) is 0 Å². The summed E-state index contributed by atoms with van der Waals surface area (Å²) in [6.45, 7) is 0.154. The van der Waals surface area contributed by atoms with E-state index in [0.717, 1.165) is 12.8 Å². The molecule has 1 rings (SSSR count). The fraction of sp³-hybridized carbons (Fsp3) is 1.00. The van der Waals surface area contributed by atoms with E-state index in [2.05, 4.69) is 0 Å². The summed E-state index contributed by atoms with van der Waals surface area (Å²) < 4.78 is 16.9. The Hall–Kier alpha value is -0.150. The lowest BCUT2D eigenvalue weighted by Crippen LogP contribution is -2.36. The summed E-state index contributed by atoms with van der Waals surface area (Å²) in [5.41, 5.74) is 5.50. The van der Waals surface area contributed by atoms with Crippen LogP contribution in [0.3, 0.4) is 0 Å². The van der Waals surface area contributed by atoms with Crippen molar-refractivity contribution < 1.29 is 9.13 Å². The van der Waals surface area contributed by atoms with E-state index in [9.17, 15) is 4.39 Å². The van der Waals surface area contributed by atoms with Crippen LogP contribution in [0.2, 0.25) is 0 Å². The summed E-state index contributed by atoms with van der Waals surface area (Å²) in [5, 5.41) is 0. The minimum atomic E-state index is -0.368. The highest BCUT2D eigenvalue weighted by molar-refractivity contribution is 4.70. The molecular weight excluding hydrogens is 121 g/mol. The molecule has 9 heavy (non-hydrogen) atoms. The highest BCUT2D eigenvalue weighted by Crippen LogP contribution is 2.11. The first-order valence-electron chi connectivity index (χ1n) is 3.26. The van der Waals surface area contributed by atoms with Gasteiger partial charge >= 0.3 is 0 Å². The van der Waals surface area contributed by atoms with E-state index in [4.69, 9.17) is 10.5 Å². The first kappa shape index (κ1) is 6.96. The van der Waals surface area contributed by atoms with Gasteiger partial charge in [-0.3, -0.25) is 0 Å². The standard InChI is InChI=1S/C6H12FNO/c7-3-6-2-1-5(8)4-9-6/h5-6H,1-4,8H2/t5-,6+/m0/s1. The van der Waals surface area contributed by atoms with Gasteiger partial charge < -0.3 is 10.5 Å². The smallest absolute Gasteiger partial charge is 0.116 e. The molecule has 2 nitrogen and oxygen atoms in total. The van der Waals surface area contributed by atoms with Crippen LogP contribution in [-0.2, 0) is 4.74 Å². The van der Waals surface area contributed by atoms with E-state index < -0.39 is 0 Å². The molecule has 0 aliphatic carbocycles. The van der Waals surface area contributed by atoms with Crippen LogP contribution in [0.5, 0.6) is 0 Å². The number of rotatable bonds is 1. The van der Waals surface area contributed by atoms with Crippen molar-refractivity contribution in [2.24, 2.45) is 5.73 Å². The quantitative estimate of drug-likeness (QED) is 0.564. The Balaban J connectivity index is 2.18. The molecule has 0 unspecified atom stereocenters. The Labute approximate surface area is 54.2 Å². The molecule has 0 aromatic rings. The van der Waals surface area contributed by atoms with Gasteiger partial charge in [-0.05, 0) is 12.8 Å². The van der Waals surface area contributed by atoms with Crippen molar-refractivity contribution in [3.63, 3.8) is 0 Å². The third-order valence-corrected chi connectivity index (χ3v) is 1.58. The summed E-state index contributed by atoms with van der Waals surface area (Å²) >= 11 is 0. The van der Waals surface area contributed by atoms with Crippen LogP contribution in [0.1, 0.15) is 12.8 Å². The molecule has 0 spiro atoms. The van der Waals surface area contributed by atoms with Gasteiger partial charge in [0.1, 0.15) is 6.67 Å². The van der Waals surface area contributed by atoms with E-state index in [1.165, 1.54) is 0 Å². The maximum atomic E-state index is 11.8.